The van der Waals surface area contributed by atoms with Gasteiger partial charge in [0.2, 0.25) is 0 Å². The zero-order chi connectivity index (χ0) is 13.1. The number of amides is 1. The number of carbonyl (C=O) groups excluding carboxylic acids is 1. The van der Waals surface area contributed by atoms with Crippen LogP contribution in [0.4, 0.5) is 16.2 Å². The van der Waals surface area contributed by atoms with Crippen molar-refractivity contribution in [2.24, 2.45) is 5.84 Å². The van der Waals surface area contributed by atoms with Gasteiger partial charge < -0.3 is 10.2 Å². The maximum atomic E-state index is 11.5. The average molecular weight is 258 g/mol. The Bertz CT molecular complexity index is 416. The molecule has 1 amide bonds. The summed E-state index contributed by atoms with van der Waals surface area (Å²) in [4.78, 5) is 11.5. The highest BCUT2D eigenvalue weighted by Gasteiger charge is 2.16. The van der Waals surface area contributed by atoms with Crippen LogP contribution in [0.25, 0.3) is 0 Å². The topological polar surface area (TPSA) is 76.4 Å². The minimum Gasteiger partial charge on any atom is -0.444 e. The number of carbonyl (C=O) groups is 1. The molecule has 94 valence electrons. The first-order chi connectivity index (χ1) is 7.81. The van der Waals surface area contributed by atoms with E-state index in [4.69, 9.17) is 22.2 Å². The van der Waals surface area contributed by atoms with E-state index < -0.39 is 11.7 Å². The Kier molecular flexibility index (Phi) is 4.20. The quantitative estimate of drug-likeness (QED) is 0.562. The van der Waals surface area contributed by atoms with Crippen LogP contribution in [0.2, 0.25) is 5.02 Å². The Labute approximate surface area is 105 Å². The maximum Gasteiger partial charge on any atom is 0.412 e. The smallest absolute Gasteiger partial charge is 0.412 e. The summed E-state index contributed by atoms with van der Waals surface area (Å²) in [6.45, 7) is 5.38. The number of halogens is 1. The Morgan fingerprint density at radius 1 is 1.41 bits per heavy atom. The highest BCUT2D eigenvalue weighted by atomic mass is 35.5. The van der Waals surface area contributed by atoms with Crippen molar-refractivity contribution in [2.45, 2.75) is 26.4 Å². The van der Waals surface area contributed by atoms with Crippen molar-refractivity contribution < 1.29 is 9.53 Å². The van der Waals surface area contributed by atoms with Gasteiger partial charge in [-0.3, -0.25) is 11.2 Å². The van der Waals surface area contributed by atoms with E-state index in [1.165, 1.54) is 0 Å². The molecule has 1 aromatic carbocycles. The number of benzene rings is 1. The second-order valence-electron chi connectivity index (χ2n) is 4.47. The van der Waals surface area contributed by atoms with Crippen LogP contribution in [0.15, 0.2) is 18.2 Å². The summed E-state index contributed by atoms with van der Waals surface area (Å²) >= 11 is 5.91. The van der Waals surface area contributed by atoms with E-state index in [2.05, 4.69) is 10.7 Å². The van der Waals surface area contributed by atoms with Crippen LogP contribution in [0.3, 0.4) is 0 Å². The fourth-order valence-electron chi connectivity index (χ4n) is 1.13. The van der Waals surface area contributed by atoms with Gasteiger partial charge in [0, 0.05) is 5.69 Å². The molecule has 6 heteroatoms. The second kappa shape index (κ2) is 5.25. The molecular weight excluding hydrogens is 242 g/mol. The monoisotopic (exact) mass is 257 g/mol. The molecule has 0 saturated heterocycles. The first-order valence-corrected chi connectivity index (χ1v) is 5.46. The Hall–Kier alpha value is -1.46. The van der Waals surface area contributed by atoms with E-state index in [0.29, 0.717) is 16.4 Å². The molecular formula is C11H16ClN3O2. The van der Waals surface area contributed by atoms with Gasteiger partial charge in [-0.1, -0.05) is 11.6 Å². The standard InChI is InChI=1S/C11H16ClN3O2/c1-11(2,3)17-10(16)14-7-4-5-9(15-13)8(12)6-7/h4-6,15H,13H2,1-3H3,(H,14,16). The summed E-state index contributed by atoms with van der Waals surface area (Å²) in [5, 5.41) is 2.99. The van der Waals surface area contributed by atoms with Gasteiger partial charge in [-0.15, -0.1) is 0 Å². The summed E-state index contributed by atoms with van der Waals surface area (Å²) in [6, 6.07) is 4.92. The molecule has 0 saturated carbocycles. The number of hydrazine groups is 1. The Morgan fingerprint density at radius 2 is 2.06 bits per heavy atom. The highest BCUT2D eigenvalue weighted by molar-refractivity contribution is 6.33. The first kappa shape index (κ1) is 13.6. The number of ether oxygens (including phenoxy) is 1. The number of nitrogens with two attached hydrogens (primary N) is 1. The number of hydrogen-bond acceptors (Lipinski definition) is 4. The lowest BCUT2D eigenvalue weighted by atomic mass is 10.2. The molecule has 5 nitrogen and oxygen atoms in total. The lowest BCUT2D eigenvalue weighted by molar-refractivity contribution is 0.0636. The second-order valence-corrected chi connectivity index (χ2v) is 4.87. The molecule has 4 N–H and O–H groups in total. The SMILES string of the molecule is CC(C)(C)OC(=O)Nc1ccc(NN)c(Cl)c1. The third-order valence-electron chi connectivity index (χ3n) is 1.77. The van der Waals surface area contributed by atoms with E-state index in [0.717, 1.165) is 0 Å². The summed E-state index contributed by atoms with van der Waals surface area (Å²) in [6.07, 6.45) is -0.526. The molecule has 0 atom stereocenters. The number of rotatable bonds is 2. The molecule has 0 heterocycles. The molecule has 0 fully saturated rings. The summed E-state index contributed by atoms with van der Waals surface area (Å²) in [5.41, 5.74) is 3.03. The van der Waals surface area contributed by atoms with Crippen molar-refractivity contribution in [1.82, 2.24) is 0 Å². The summed E-state index contributed by atoms with van der Waals surface area (Å²) in [5.74, 6) is 5.24. The molecule has 0 spiro atoms. The zero-order valence-electron chi connectivity index (χ0n) is 10.0. The molecule has 0 radical (unpaired) electrons. The third kappa shape index (κ3) is 4.50. The maximum absolute atomic E-state index is 11.5. The van der Waals surface area contributed by atoms with Crippen molar-refractivity contribution >= 4 is 29.1 Å². The molecule has 0 bridgehead atoms. The van der Waals surface area contributed by atoms with E-state index in [9.17, 15) is 4.79 Å². The van der Waals surface area contributed by atoms with Gasteiger partial charge in [-0.25, -0.2) is 4.79 Å². The van der Waals surface area contributed by atoms with Crippen molar-refractivity contribution in [2.75, 3.05) is 10.7 Å². The van der Waals surface area contributed by atoms with Gasteiger partial charge in [-0.2, -0.15) is 0 Å². The molecule has 0 aliphatic carbocycles. The minimum atomic E-state index is -0.535. The van der Waals surface area contributed by atoms with E-state index in [1.54, 1.807) is 39.0 Å². The fraction of sp³-hybridized carbons (Fsp3) is 0.364. The lowest BCUT2D eigenvalue weighted by Crippen LogP contribution is -2.27. The average Bonchev–Trinajstić information content (AvgIpc) is 2.14. The van der Waals surface area contributed by atoms with Crippen molar-refractivity contribution in [3.05, 3.63) is 23.2 Å². The van der Waals surface area contributed by atoms with Crippen LogP contribution in [-0.4, -0.2) is 11.7 Å². The molecule has 0 aliphatic heterocycles. The van der Waals surface area contributed by atoms with Crippen LogP contribution in [0.5, 0.6) is 0 Å². The van der Waals surface area contributed by atoms with Gasteiger partial charge in [0.05, 0.1) is 10.7 Å². The van der Waals surface area contributed by atoms with Gasteiger partial charge in [0.25, 0.3) is 0 Å². The van der Waals surface area contributed by atoms with Crippen LogP contribution in [0.1, 0.15) is 20.8 Å². The van der Waals surface area contributed by atoms with Crippen molar-refractivity contribution in [1.29, 1.82) is 0 Å². The predicted molar refractivity (Wildman–Crippen MR) is 69.1 cm³/mol. The number of nitrogens with one attached hydrogen (secondary N) is 2. The normalized spacial score (nSPS) is 10.9. The number of nitrogen functional groups attached to an aromatic ring is 1. The Balaban J connectivity index is 2.69. The van der Waals surface area contributed by atoms with E-state index in [1.807, 2.05) is 0 Å². The Morgan fingerprint density at radius 3 is 2.53 bits per heavy atom. The van der Waals surface area contributed by atoms with Gasteiger partial charge in [0.15, 0.2) is 0 Å². The number of hydrogen-bond donors (Lipinski definition) is 3. The largest absolute Gasteiger partial charge is 0.444 e. The highest BCUT2D eigenvalue weighted by Crippen LogP contribution is 2.24. The van der Waals surface area contributed by atoms with Crippen LogP contribution >= 0.6 is 11.6 Å². The van der Waals surface area contributed by atoms with Crippen LogP contribution in [0, 0.1) is 0 Å². The summed E-state index contributed by atoms with van der Waals surface area (Å²) < 4.78 is 5.10. The van der Waals surface area contributed by atoms with Crippen LogP contribution in [-0.2, 0) is 4.74 Å². The molecule has 1 aromatic rings. The van der Waals surface area contributed by atoms with Crippen LogP contribution < -0.4 is 16.6 Å². The van der Waals surface area contributed by atoms with Crippen molar-refractivity contribution in [3.8, 4) is 0 Å². The molecule has 17 heavy (non-hydrogen) atoms. The van der Waals surface area contributed by atoms with Gasteiger partial charge in [-0.05, 0) is 39.0 Å². The third-order valence-corrected chi connectivity index (χ3v) is 2.08. The number of anilines is 2. The predicted octanol–water partition coefficient (Wildman–Crippen LogP) is 2.97. The van der Waals surface area contributed by atoms with E-state index >= 15 is 0 Å². The van der Waals surface area contributed by atoms with Crippen molar-refractivity contribution in [3.63, 3.8) is 0 Å². The molecule has 0 unspecified atom stereocenters. The fourth-order valence-corrected chi connectivity index (χ4v) is 1.37. The lowest BCUT2D eigenvalue weighted by Gasteiger charge is -2.19. The van der Waals surface area contributed by atoms with E-state index in [-0.39, 0.29) is 0 Å². The van der Waals surface area contributed by atoms with Gasteiger partial charge in [0.1, 0.15) is 5.60 Å². The molecule has 1 rings (SSSR count). The minimum absolute atomic E-state index is 0.418. The molecule has 0 aromatic heterocycles. The first-order valence-electron chi connectivity index (χ1n) is 5.08. The zero-order valence-corrected chi connectivity index (χ0v) is 10.8. The van der Waals surface area contributed by atoms with Gasteiger partial charge >= 0.3 is 6.09 Å². The summed E-state index contributed by atoms with van der Waals surface area (Å²) in [7, 11) is 0. The molecule has 0 aliphatic rings.